The molecule has 3 heteroatoms. The Bertz CT molecular complexity index is 298. The van der Waals surface area contributed by atoms with Gasteiger partial charge in [-0.1, -0.05) is 0 Å². The fourth-order valence-electron chi connectivity index (χ4n) is 0.985. The van der Waals surface area contributed by atoms with Gasteiger partial charge in [0.2, 0.25) is 0 Å². The third-order valence-electron chi connectivity index (χ3n) is 1.85. The van der Waals surface area contributed by atoms with Gasteiger partial charge < -0.3 is 9.52 Å². The van der Waals surface area contributed by atoms with E-state index in [1.807, 2.05) is 13.0 Å². The molecule has 64 valence electrons. The summed E-state index contributed by atoms with van der Waals surface area (Å²) in [4.78, 5) is 0. The first-order chi connectivity index (χ1) is 5.66. The van der Waals surface area contributed by atoms with Crippen molar-refractivity contribution in [3.63, 3.8) is 0 Å². The molecule has 3 nitrogen and oxygen atoms in total. The Morgan fingerprint density at radius 1 is 1.67 bits per heavy atom. The third-order valence-corrected chi connectivity index (χ3v) is 1.85. The lowest BCUT2D eigenvalue weighted by molar-refractivity contribution is 0.116. The van der Waals surface area contributed by atoms with Crippen molar-refractivity contribution in [1.29, 1.82) is 5.26 Å². The van der Waals surface area contributed by atoms with Crippen LogP contribution in [0.25, 0.3) is 0 Å². The van der Waals surface area contributed by atoms with Crippen molar-refractivity contribution in [3.8, 4) is 6.07 Å². The molecule has 12 heavy (non-hydrogen) atoms. The average Bonchev–Trinajstić information content (AvgIpc) is 2.48. The van der Waals surface area contributed by atoms with Gasteiger partial charge in [0.1, 0.15) is 11.9 Å². The predicted molar refractivity (Wildman–Crippen MR) is 43.2 cm³/mol. The van der Waals surface area contributed by atoms with Crippen LogP contribution in [-0.2, 0) is 0 Å². The predicted octanol–water partition coefficient (Wildman–Crippen LogP) is 1.78. The molecule has 1 aromatic rings. The molecule has 0 saturated carbocycles. The van der Waals surface area contributed by atoms with Gasteiger partial charge in [-0.3, -0.25) is 0 Å². The monoisotopic (exact) mass is 165 g/mol. The second-order valence-corrected chi connectivity index (χ2v) is 2.83. The summed E-state index contributed by atoms with van der Waals surface area (Å²) in [5.41, 5.74) is 0.879. The number of aliphatic hydroxyl groups excluding tert-OH is 1. The smallest absolute Gasteiger partial charge is 0.136 e. The first-order valence-electron chi connectivity index (χ1n) is 3.78. The molecule has 1 N–H and O–H groups in total. The highest BCUT2D eigenvalue weighted by atomic mass is 16.4. The lowest BCUT2D eigenvalue weighted by Gasteiger charge is -2.09. The summed E-state index contributed by atoms with van der Waals surface area (Å²) in [6.45, 7) is 3.50. The third kappa shape index (κ3) is 1.49. The minimum absolute atomic E-state index is 0.435. The zero-order chi connectivity index (χ0) is 9.14. The van der Waals surface area contributed by atoms with Crippen molar-refractivity contribution in [3.05, 3.63) is 23.7 Å². The minimum Gasteiger partial charge on any atom is -0.466 e. The Morgan fingerprint density at radius 2 is 2.33 bits per heavy atom. The van der Waals surface area contributed by atoms with Crippen molar-refractivity contribution >= 4 is 0 Å². The van der Waals surface area contributed by atoms with Gasteiger partial charge in [-0.2, -0.15) is 5.26 Å². The molecule has 2 atom stereocenters. The van der Waals surface area contributed by atoms with E-state index in [9.17, 15) is 5.11 Å². The molecule has 0 aromatic carbocycles. The summed E-state index contributed by atoms with van der Waals surface area (Å²) in [6, 6.07) is 3.74. The van der Waals surface area contributed by atoms with Crippen molar-refractivity contribution < 1.29 is 9.52 Å². The zero-order valence-electron chi connectivity index (χ0n) is 7.11. The first kappa shape index (κ1) is 8.82. The van der Waals surface area contributed by atoms with Gasteiger partial charge in [0.15, 0.2) is 0 Å². The van der Waals surface area contributed by atoms with Crippen LogP contribution in [-0.4, -0.2) is 5.11 Å². The summed E-state index contributed by atoms with van der Waals surface area (Å²) in [5, 5.41) is 18.1. The van der Waals surface area contributed by atoms with Gasteiger partial charge >= 0.3 is 0 Å². The van der Waals surface area contributed by atoms with E-state index < -0.39 is 12.0 Å². The molecule has 0 aliphatic heterocycles. The van der Waals surface area contributed by atoms with Crippen LogP contribution in [0.3, 0.4) is 0 Å². The van der Waals surface area contributed by atoms with Gasteiger partial charge in [0.05, 0.1) is 18.3 Å². The van der Waals surface area contributed by atoms with Gasteiger partial charge in [-0.05, 0) is 25.5 Å². The molecule has 1 rings (SSSR count). The maximum atomic E-state index is 9.54. The Morgan fingerprint density at radius 3 is 2.75 bits per heavy atom. The van der Waals surface area contributed by atoms with Gasteiger partial charge in [-0.15, -0.1) is 0 Å². The number of aliphatic hydroxyl groups is 1. The fraction of sp³-hybridized carbons (Fsp3) is 0.444. The van der Waals surface area contributed by atoms with Crippen LogP contribution in [0, 0.1) is 24.2 Å². The molecule has 1 aromatic heterocycles. The second kappa shape index (κ2) is 3.42. The minimum atomic E-state index is -0.815. The molecule has 0 saturated heterocycles. The van der Waals surface area contributed by atoms with E-state index in [0.717, 1.165) is 5.56 Å². The molecule has 0 spiro atoms. The van der Waals surface area contributed by atoms with Crippen LogP contribution in [0.4, 0.5) is 0 Å². The molecule has 0 aliphatic rings. The maximum Gasteiger partial charge on any atom is 0.136 e. The van der Waals surface area contributed by atoms with Gasteiger partial charge in [0.25, 0.3) is 0 Å². The number of nitriles is 1. The average molecular weight is 165 g/mol. The normalized spacial score (nSPS) is 15.2. The van der Waals surface area contributed by atoms with E-state index in [4.69, 9.17) is 9.68 Å². The quantitative estimate of drug-likeness (QED) is 0.726. The highest BCUT2D eigenvalue weighted by molar-refractivity contribution is 5.18. The van der Waals surface area contributed by atoms with Crippen LogP contribution in [0.15, 0.2) is 16.7 Å². The number of nitrogens with zero attached hydrogens (tertiary/aromatic N) is 1. The largest absolute Gasteiger partial charge is 0.466 e. The fourth-order valence-corrected chi connectivity index (χ4v) is 0.985. The van der Waals surface area contributed by atoms with E-state index in [2.05, 4.69) is 0 Å². The van der Waals surface area contributed by atoms with Crippen LogP contribution >= 0.6 is 0 Å². The van der Waals surface area contributed by atoms with E-state index in [1.54, 1.807) is 13.0 Å². The molecular formula is C9H11NO2. The summed E-state index contributed by atoms with van der Waals surface area (Å²) in [5.74, 6) is 0.0545. The number of aryl methyl sites for hydroxylation is 1. The van der Waals surface area contributed by atoms with Crippen LogP contribution in [0.5, 0.6) is 0 Å². The van der Waals surface area contributed by atoms with Crippen molar-refractivity contribution in [1.82, 2.24) is 0 Å². The highest BCUT2D eigenvalue weighted by Crippen LogP contribution is 2.24. The lowest BCUT2D eigenvalue weighted by Crippen LogP contribution is -2.06. The SMILES string of the molecule is Cc1ccoc1C(O)C(C)C#N. The zero-order valence-corrected chi connectivity index (χ0v) is 7.11. The van der Waals surface area contributed by atoms with Crippen molar-refractivity contribution in [2.75, 3.05) is 0 Å². The van der Waals surface area contributed by atoms with Crippen molar-refractivity contribution in [2.45, 2.75) is 20.0 Å². The Balaban J connectivity index is 2.86. The Kier molecular flexibility index (Phi) is 2.51. The van der Waals surface area contributed by atoms with Crippen molar-refractivity contribution in [2.24, 2.45) is 5.92 Å². The van der Waals surface area contributed by atoms with Gasteiger partial charge in [-0.25, -0.2) is 0 Å². The first-order valence-corrected chi connectivity index (χ1v) is 3.78. The summed E-state index contributed by atoms with van der Waals surface area (Å²) in [6.07, 6.45) is 0.697. The molecule has 0 amide bonds. The summed E-state index contributed by atoms with van der Waals surface area (Å²) in [7, 11) is 0. The number of furan rings is 1. The molecule has 1 heterocycles. The second-order valence-electron chi connectivity index (χ2n) is 2.83. The summed E-state index contributed by atoms with van der Waals surface area (Å²) >= 11 is 0. The van der Waals surface area contributed by atoms with Crippen LogP contribution in [0.1, 0.15) is 24.4 Å². The number of rotatable bonds is 2. The highest BCUT2D eigenvalue weighted by Gasteiger charge is 2.20. The molecule has 0 aliphatic carbocycles. The molecule has 0 bridgehead atoms. The van der Waals surface area contributed by atoms with E-state index in [1.165, 1.54) is 6.26 Å². The topological polar surface area (TPSA) is 57.2 Å². The molecule has 2 unspecified atom stereocenters. The number of hydrogen-bond acceptors (Lipinski definition) is 3. The number of hydrogen-bond donors (Lipinski definition) is 1. The standard InChI is InChI=1S/C9H11NO2/c1-6-3-4-12-9(6)8(11)7(2)5-10/h3-4,7-8,11H,1-2H3. The van der Waals surface area contributed by atoms with E-state index in [-0.39, 0.29) is 0 Å². The molecular weight excluding hydrogens is 154 g/mol. The Labute approximate surface area is 71.2 Å². The van der Waals surface area contributed by atoms with Crippen LogP contribution in [0.2, 0.25) is 0 Å². The lowest BCUT2D eigenvalue weighted by atomic mass is 10.0. The van der Waals surface area contributed by atoms with Crippen LogP contribution < -0.4 is 0 Å². The van der Waals surface area contributed by atoms with E-state index >= 15 is 0 Å². The molecule has 0 radical (unpaired) electrons. The Hall–Kier alpha value is -1.27. The molecule has 0 fully saturated rings. The van der Waals surface area contributed by atoms with Gasteiger partial charge in [0, 0.05) is 0 Å². The maximum absolute atomic E-state index is 9.54. The van der Waals surface area contributed by atoms with E-state index in [0.29, 0.717) is 5.76 Å². The summed E-state index contributed by atoms with van der Waals surface area (Å²) < 4.78 is 5.05.